The van der Waals surface area contributed by atoms with Gasteiger partial charge in [0.15, 0.2) is 0 Å². The van der Waals surface area contributed by atoms with Crippen molar-refractivity contribution in [1.82, 2.24) is 15.5 Å². The molecule has 1 aromatic heterocycles. The molecule has 28 heavy (non-hydrogen) atoms. The van der Waals surface area contributed by atoms with Crippen LogP contribution in [0.5, 0.6) is 0 Å². The van der Waals surface area contributed by atoms with Crippen LogP contribution >= 0.6 is 0 Å². The number of nitro benzene ring substituents is 1. The summed E-state index contributed by atoms with van der Waals surface area (Å²) < 4.78 is 5.51. The summed E-state index contributed by atoms with van der Waals surface area (Å²) in [5, 5.41) is 16.1. The van der Waals surface area contributed by atoms with Gasteiger partial charge in [-0.25, -0.2) is 0 Å². The van der Waals surface area contributed by atoms with E-state index < -0.39 is 10.8 Å². The van der Waals surface area contributed by atoms with E-state index in [0.717, 1.165) is 31.7 Å². The van der Waals surface area contributed by atoms with Crippen molar-refractivity contribution in [2.45, 2.75) is 18.9 Å². The Bertz CT molecular complexity index is 831. The third-order valence-corrected chi connectivity index (χ3v) is 4.67. The molecule has 2 aromatic rings. The Labute approximate surface area is 161 Å². The predicted octanol–water partition coefficient (Wildman–Crippen LogP) is 1.87. The number of nitro groups is 1. The molecule has 2 N–H and O–H groups in total. The molecule has 2 amide bonds. The van der Waals surface area contributed by atoms with Crippen molar-refractivity contribution < 1.29 is 18.9 Å². The van der Waals surface area contributed by atoms with Crippen LogP contribution in [0.2, 0.25) is 0 Å². The van der Waals surface area contributed by atoms with Gasteiger partial charge in [0, 0.05) is 24.2 Å². The number of carbonyl (C=O) groups is 2. The highest BCUT2D eigenvalue weighted by atomic mass is 16.6. The summed E-state index contributed by atoms with van der Waals surface area (Å²) in [6.45, 7) is 2.06. The van der Waals surface area contributed by atoms with Crippen molar-refractivity contribution in [2.75, 3.05) is 26.2 Å². The van der Waals surface area contributed by atoms with Gasteiger partial charge in [-0.2, -0.15) is 0 Å². The van der Waals surface area contributed by atoms with Crippen LogP contribution in [0, 0.1) is 10.1 Å². The minimum atomic E-state index is -0.573. The highest BCUT2D eigenvalue weighted by molar-refractivity contribution is 5.96. The molecule has 0 radical (unpaired) electrons. The van der Waals surface area contributed by atoms with Crippen LogP contribution in [0.4, 0.5) is 5.69 Å². The third-order valence-electron chi connectivity index (χ3n) is 4.67. The Morgan fingerprint density at radius 3 is 2.64 bits per heavy atom. The molecular formula is C19H22N4O5. The fraction of sp³-hybridized carbons (Fsp3) is 0.368. The van der Waals surface area contributed by atoms with E-state index in [-0.39, 0.29) is 29.7 Å². The molecule has 0 unspecified atom stereocenters. The molecule has 1 aliphatic heterocycles. The average molecular weight is 386 g/mol. The lowest BCUT2D eigenvalue weighted by atomic mass is 10.2. The molecule has 0 spiro atoms. The van der Waals surface area contributed by atoms with E-state index >= 15 is 0 Å². The maximum Gasteiger partial charge on any atom is 0.270 e. The highest BCUT2D eigenvalue weighted by Gasteiger charge is 2.26. The van der Waals surface area contributed by atoms with E-state index in [1.165, 1.54) is 24.3 Å². The van der Waals surface area contributed by atoms with Crippen LogP contribution in [0.1, 0.15) is 35.0 Å². The summed E-state index contributed by atoms with van der Waals surface area (Å²) >= 11 is 0. The number of amides is 2. The molecule has 1 fully saturated rings. The van der Waals surface area contributed by atoms with Crippen LogP contribution in [0.15, 0.2) is 47.1 Å². The first-order valence-corrected chi connectivity index (χ1v) is 9.11. The Balaban J connectivity index is 1.51. The number of hydrogen-bond donors (Lipinski definition) is 2. The Kier molecular flexibility index (Phi) is 6.38. The van der Waals surface area contributed by atoms with Crippen molar-refractivity contribution in [3.05, 3.63) is 64.1 Å². The monoisotopic (exact) mass is 386 g/mol. The van der Waals surface area contributed by atoms with E-state index in [1.54, 1.807) is 6.26 Å². The average Bonchev–Trinajstić information content (AvgIpc) is 3.41. The Hall–Kier alpha value is -3.20. The lowest BCUT2D eigenvalue weighted by molar-refractivity contribution is -0.384. The van der Waals surface area contributed by atoms with Crippen molar-refractivity contribution in [2.24, 2.45) is 0 Å². The fourth-order valence-electron chi connectivity index (χ4n) is 3.24. The molecule has 3 rings (SSSR count). The standard InChI is InChI=1S/C19H22N4O5/c24-18(13-21-19(25)14-5-3-6-15(11-14)23(26)27)20-12-16(17-7-4-10-28-17)22-8-1-2-9-22/h3-7,10-11,16H,1-2,8-9,12-13H2,(H,20,24)(H,21,25)/t16-/m0/s1. The molecule has 148 valence electrons. The number of rotatable bonds is 8. The molecule has 2 heterocycles. The summed E-state index contributed by atoms with van der Waals surface area (Å²) in [6.07, 6.45) is 3.84. The van der Waals surface area contributed by atoms with Crippen LogP contribution in [0.25, 0.3) is 0 Å². The number of benzene rings is 1. The zero-order valence-electron chi connectivity index (χ0n) is 15.3. The van der Waals surface area contributed by atoms with Gasteiger partial charge in [0.25, 0.3) is 11.6 Å². The minimum Gasteiger partial charge on any atom is -0.468 e. The fourth-order valence-corrected chi connectivity index (χ4v) is 3.24. The van der Waals surface area contributed by atoms with Crippen LogP contribution < -0.4 is 10.6 Å². The number of carbonyl (C=O) groups excluding carboxylic acids is 2. The van der Waals surface area contributed by atoms with Crippen molar-refractivity contribution in [3.8, 4) is 0 Å². The lowest BCUT2D eigenvalue weighted by Crippen LogP contribution is -2.41. The van der Waals surface area contributed by atoms with Gasteiger partial charge in [-0.1, -0.05) is 6.07 Å². The molecule has 1 aliphatic rings. The number of likely N-dealkylation sites (tertiary alicyclic amines) is 1. The maximum atomic E-state index is 12.2. The van der Waals surface area contributed by atoms with Crippen LogP contribution in [-0.4, -0.2) is 47.8 Å². The van der Waals surface area contributed by atoms with E-state index in [0.29, 0.717) is 6.54 Å². The molecule has 1 saturated heterocycles. The molecule has 0 saturated carbocycles. The largest absolute Gasteiger partial charge is 0.468 e. The highest BCUT2D eigenvalue weighted by Crippen LogP contribution is 2.24. The number of non-ortho nitro benzene ring substituents is 1. The second kappa shape index (κ2) is 9.14. The van der Waals surface area contributed by atoms with E-state index in [9.17, 15) is 19.7 Å². The minimum absolute atomic E-state index is 0.0473. The van der Waals surface area contributed by atoms with Gasteiger partial charge in [-0.05, 0) is 44.1 Å². The summed E-state index contributed by atoms with van der Waals surface area (Å²) in [7, 11) is 0. The van der Waals surface area contributed by atoms with E-state index in [4.69, 9.17) is 4.42 Å². The van der Waals surface area contributed by atoms with Crippen molar-refractivity contribution >= 4 is 17.5 Å². The number of nitrogens with one attached hydrogen (secondary N) is 2. The molecule has 9 nitrogen and oxygen atoms in total. The molecule has 1 atom stereocenters. The van der Waals surface area contributed by atoms with Gasteiger partial charge in [-0.15, -0.1) is 0 Å². The first-order valence-electron chi connectivity index (χ1n) is 9.11. The quantitative estimate of drug-likeness (QED) is 0.528. The van der Waals surface area contributed by atoms with Gasteiger partial charge < -0.3 is 15.1 Å². The summed E-state index contributed by atoms with van der Waals surface area (Å²) in [4.78, 5) is 36.8. The molecule has 1 aromatic carbocycles. The van der Waals surface area contributed by atoms with Crippen LogP contribution in [-0.2, 0) is 4.79 Å². The Morgan fingerprint density at radius 2 is 1.96 bits per heavy atom. The molecule has 9 heteroatoms. The normalized spacial score (nSPS) is 15.1. The molecule has 0 bridgehead atoms. The van der Waals surface area contributed by atoms with Gasteiger partial charge in [0.05, 0.1) is 23.8 Å². The first-order chi connectivity index (χ1) is 13.5. The van der Waals surface area contributed by atoms with E-state index in [1.807, 2.05) is 12.1 Å². The van der Waals surface area contributed by atoms with Gasteiger partial charge in [0.1, 0.15) is 5.76 Å². The smallest absolute Gasteiger partial charge is 0.270 e. The lowest BCUT2D eigenvalue weighted by Gasteiger charge is -2.26. The summed E-state index contributed by atoms with van der Waals surface area (Å²) in [5.74, 6) is -0.0849. The maximum absolute atomic E-state index is 12.2. The summed E-state index contributed by atoms with van der Waals surface area (Å²) in [6, 6.07) is 9.02. The van der Waals surface area contributed by atoms with Crippen LogP contribution in [0.3, 0.4) is 0 Å². The zero-order valence-corrected chi connectivity index (χ0v) is 15.3. The zero-order chi connectivity index (χ0) is 19.9. The van der Waals surface area contributed by atoms with E-state index in [2.05, 4.69) is 15.5 Å². The summed E-state index contributed by atoms with van der Waals surface area (Å²) in [5.41, 5.74) is -0.0449. The first kappa shape index (κ1) is 19.6. The Morgan fingerprint density at radius 1 is 1.18 bits per heavy atom. The predicted molar refractivity (Wildman–Crippen MR) is 101 cm³/mol. The second-order valence-electron chi connectivity index (χ2n) is 6.57. The number of hydrogen-bond acceptors (Lipinski definition) is 6. The van der Waals surface area contributed by atoms with Gasteiger partial charge >= 0.3 is 0 Å². The number of furan rings is 1. The molecule has 0 aliphatic carbocycles. The second-order valence-corrected chi connectivity index (χ2v) is 6.57. The molecular weight excluding hydrogens is 364 g/mol. The van der Waals surface area contributed by atoms with Gasteiger partial charge in [-0.3, -0.25) is 24.6 Å². The topological polar surface area (TPSA) is 118 Å². The van der Waals surface area contributed by atoms with Crippen molar-refractivity contribution in [3.63, 3.8) is 0 Å². The SMILES string of the molecule is O=C(CNC(=O)c1cccc([N+](=O)[O-])c1)NC[C@@H](c1ccco1)N1CCCC1. The third kappa shape index (κ3) is 4.95. The van der Waals surface area contributed by atoms with Gasteiger partial charge in [0.2, 0.25) is 5.91 Å². The number of nitrogens with zero attached hydrogens (tertiary/aromatic N) is 2. The van der Waals surface area contributed by atoms with Crippen molar-refractivity contribution in [1.29, 1.82) is 0 Å².